The average Bonchev–Trinajstić information content (AvgIpc) is 2.95. The van der Waals surface area contributed by atoms with Crippen LogP contribution in [0.4, 0.5) is 0 Å². The van der Waals surface area contributed by atoms with Crippen LogP contribution in [0.5, 0.6) is 5.75 Å². The zero-order valence-corrected chi connectivity index (χ0v) is 12.4. The molecule has 2 aromatic rings. The molecule has 1 N–H and O–H groups in total. The molecule has 3 heteroatoms. The fraction of sp³-hybridized carbons (Fsp3) is 0.375. The summed E-state index contributed by atoms with van der Waals surface area (Å²) in [6.07, 6.45) is 2.23. The van der Waals surface area contributed by atoms with Crippen molar-refractivity contribution in [2.24, 2.45) is 0 Å². The molecular formula is C16H21NOS. The minimum Gasteiger partial charge on any atom is -0.494 e. The van der Waals surface area contributed by atoms with Gasteiger partial charge < -0.3 is 10.1 Å². The second-order valence-corrected chi connectivity index (χ2v) is 5.29. The quantitative estimate of drug-likeness (QED) is 0.823. The lowest BCUT2D eigenvalue weighted by molar-refractivity contribution is 0.340. The number of rotatable bonds is 7. The van der Waals surface area contributed by atoms with E-state index in [1.165, 1.54) is 11.1 Å². The molecule has 0 aliphatic heterocycles. The van der Waals surface area contributed by atoms with Crippen LogP contribution in [0.15, 0.2) is 41.1 Å². The Labute approximate surface area is 119 Å². The molecule has 0 aliphatic rings. The maximum atomic E-state index is 5.47. The summed E-state index contributed by atoms with van der Waals surface area (Å²) in [7, 11) is 2.02. The molecule has 1 unspecified atom stereocenters. The number of aryl methyl sites for hydroxylation is 1. The van der Waals surface area contributed by atoms with E-state index in [1.54, 1.807) is 11.3 Å². The number of hydrogen-bond acceptors (Lipinski definition) is 3. The molecule has 2 nitrogen and oxygen atoms in total. The third kappa shape index (κ3) is 4.08. The molecule has 0 radical (unpaired) electrons. The summed E-state index contributed by atoms with van der Waals surface area (Å²) in [5, 5.41) is 7.76. The van der Waals surface area contributed by atoms with Crippen LogP contribution in [0, 0.1) is 0 Å². The predicted molar refractivity (Wildman–Crippen MR) is 82.1 cm³/mol. The minimum atomic E-state index is 0.399. The van der Waals surface area contributed by atoms with Crippen LogP contribution in [0.25, 0.3) is 0 Å². The fourth-order valence-corrected chi connectivity index (χ4v) is 2.89. The van der Waals surface area contributed by atoms with E-state index in [1.807, 2.05) is 26.1 Å². The molecule has 102 valence electrons. The van der Waals surface area contributed by atoms with Crippen molar-refractivity contribution in [3.63, 3.8) is 0 Å². The highest BCUT2D eigenvalue weighted by atomic mass is 32.1. The van der Waals surface area contributed by atoms with Crippen LogP contribution in [-0.4, -0.2) is 13.7 Å². The average molecular weight is 275 g/mol. The summed E-state index contributed by atoms with van der Waals surface area (Å²) in [5.74, 6) is 0.943. The number of hydrogen-bond donors (Lipinski definition) is 1. The molecule has 19 heavy (non-hydrogen) atoms. The van der Waals surface area contributed by atoms with Gasteiger partial charge in [0.25, 0.3) is 0 Å². The maximum Gasteiger partial charge on any atom is 0.119 e. The highest BCUT2D eigenvalue weighted by molar-refractivity contribution is 7.07. The van der Waals surface area contributed by atoms with Crippen molar-refractivity contribution in [3.05, 3.63) is 52.2 Å². The van der Waals surface area contributed by atoms with Gasteiger partial charge in [0, 0.05) is 6.04 Å². The highest BCUT2D eigenvalue weighted by Crippen LogP contribution is 2.22. The summed E-state index contributed by atoms with van der Waals surface area (Å²) in [5.41, 5.74) is 2.75. The minimum absolute atomic E-state index is 0.399. The van der Waals surface area contributed by atoms with Crippen molar-refractivity contribution in [1.82, 2.24) is 5.32 Å². The van der Waals surface area contributed by atoms with E-state index < -0.39 is 0 Å². The Morgan fingerprint density at radius 2 is 2.00 bits per heavy atom. The van der Waals surface area contributed by atoms with Crippen molar-refractivity contribution in [3.8, 4) is 5.75 Å². The Kier molecular flexibility index (Phi) is 5.43. The molecule has 1 aromatic carbocycles. The molecule has 0 amide bonds. The first-order chi connectivity index (χ1) is 9.33. The standard InChI is InChI=1S/C16H21NOS/c1-3-18-15-7-5-14(6-8-15)16(17-2)9-4-13-10-11-19-12-13/h5-8,10-12,16-17H,3-4,9H2,1-2H3. The Balaban J connectivity index is 1.96. The van der Waals surface area contributed by atoms with E-state index in [9.17, 15) is 0 Å². The molecule has 0 bridgehead atoms. The van der Waals surface area contributed by atoms with Crippen LogP contribution in [0.3, 0.4) is 0 Å². The number of benzene rings is 1. The summed E-state index contributed by atoms with van der Waals surface area (Å²) >= 11 is 1.77. The van der Waals surface area contributed by atoms with Gasteiger partial charge in [-0.15, -0.1) is 0 Å². The highest BCUT2D eigenvalue weighted by Gasteiger charge is 2.09. The van der Waals surface area contributed by atoms with Crippen LogP contribution in [0.2, 0.25) is 0 Å². The number of ether oxygens (including phenoxy) is 1. The monoisotopic (exact) mass is 275 g/mol. The third-order valence-corrected chi connectivity index (χ3v) is 3.98. The molecule has 0 fully saturated rings. The van der Waals surface area contributed by atoms with Crippen molar-refractivity contribution in [1.29, 1.82) is 0 Å². The van der Waals surface area contributed by atoms with Gasteiger partial charge in [0.15, 0.2) is 0 Å². The lowest BCUT2D eigenvalue weighted by Crippen LogP contribution is -2.17. The largest absolute Gasteiger partial charge is 0.494 e. The van der Waals surface area contributed by atoms with Crippen molar-refractivity contribution in [2.75, 3.05) is 13.7 Å². The molecule has 1 atom stereocenters. The van der Waals surface area contributed by atoms with Gasteiger partial charge in [-0.05, 0) is 66.9 Å². The van der Waals surface area contributed by atoms with Gasteiger partial charge in [-0.25, -0.2) is 0 Å². The zero-order valence-electron chi connectivity index (χ0n) is 11.6. The lowest BCUT2D eigenvalue weighted by atomic mass is 10.0. The van der Waals surface area contributed by atoms with Crippen molar-refractivity contribution in [2.45, 2.75) is 25.8 Å². The second kappa shape index (κ2) is 7.31. The first-order valence-corrected chi connectivity index (χ1v) is 7.69. The number of nitrogens with one attached hydrogen (secondary N) is 1. The van der Waals surface area contributed by atoms with E-state index in [0.717, 1.165) is 18.6 Å². The zero-order chi connectivity index (χ0) is 13.5. The Morgan fingerprint density at radius 3 is 2.58 bits per heavy atom. The molecule has 0 saturated heterocycles. The molecule has 0 spiro atoms. The molecule has 0 aliphatic carbocycles. The van der Waals surface area contributed by atoms with Gasteiger partial charge >= 0.3 is 0 Å². The molecule has 1 heterocycles. The summed E-state index contributed by atoms with van der Waals surface area (Å²) in [6.45, 7) is 2.72. The van der Waals surface area contributed by atoms with Crippen molar-refractivity contribution < 1.29 is 4.74 Å². The van der Waals surface area contributed by atoms with E-state index in [0.29, 0.717) is 12.6 Å². The van der Waals surface area contributed by atoms with Crippen LogP contribution in [0.1, 0.15) is 30.5 Å². The van der Waals surface area contributed by atoms with E-state index in [2.05, 4.69) is 34.3 Å². The van der Waals surface area contributed by atoms with E-state index >= 15 is 0 Å². The van der Waals surface area contributed by atoms with Crippen LogP contribution >= 0.6 is 11.3 Å². The molecule has 0 saturated carbocycles. The fourth-order valence-electron chi connectivity index (χ4n) is 2.19. The molecular weight excluding hydrogens is 254 g/mol. The van der Waals surface area contributed by atoms with E-state index in [4.69, 9.17) is 4.74 Å². The summed E-state index contributed by atoms with van der Waals surface area (Å²) < 4.78 is 5.47. The van der Waals surface area contributed by atoms with Gasteiger partial charge in [0.05, 0.1) is 6.61 Å². The van der Waals surface area contributed by atoms with Gasteiger partial charge in [-0.2, -0.15) is 11.3 Å². The lowest BCUT2D eigenvalue weighted by Gasteiger charge is -2.16. The first-order valence-electron chi connectivity index (χ1n) is 6.74. The molecule has 2 rings (SSSR count). The van der Waals surface area contributed by atoms with Gasteiger partial charge in [-0.3, -0.25) is 0 Å². The van der Waals surface area contributed by atoms with Crippen molar-refractivity contribution >= 4 is 11.3 Å². The Bertz CT molecular complexity index is 464. The Hall–Kier alpha value is -1.32. The maximum absolute atomic E-state index is 5.47. The normalized spacial score (nSPS) is 12.3. The van der Waals surface area contributed by atoms with Gasteiger partial charge in [0.2, 0.25) is 0 Å². The Morgan fingerprint density at radius 1 is 1.21 bits per heavy atom. The van der Waals surface area contributed by atoms with Gasteiger partial charge in [-0.1, -0.05) is 12.1 Å². The van der Waals surface area contributed by atoms with Gasteiger partial charge in [0.1, 0.15) is 5.75 Å². The van der Waals surface area contributed by atoms with Crippen LogP contribution in [-0.2, 0) is 6.42 Å². The smallest absolute Gasteiger partial charge is 0.119 e. The summed E-state index contributed by atoms with van der Waals surface area (Å²) in [4.78, 5) is 0. The number of thiophene rings is 1. The van der Waals surface area contributed by atoms with E-state index in [-0.39, 0.29) is 0 Å². The summed E-state index contributed by atoms with van der Waals surface area (Å²) in [6, 6.07) is 11.0. The first kappa shape index (κ1) is 14.1. The topological polar surface area (TPSA) is 21.3 Å². The van der Waals surface area contributed by atoms with Crippen LogP contribution < -0.4 is 10.1 Å². The third-order valence-electron chi connectivity index (χ3n) is 3.24. The predicted octanol–water partition coefficient (Wildman–Crippen LogP) is 4.04. The SMILES string of the molecule is CCOc1ccc(C(CCc2ccsc2)NC)cc1. The molecule has 1 aromatic heterocycles. The second-order valence-electron chi connectivity index (χ2n) is 4.51.